The van der Waals surface area contributed by atoms with Crippen molar-refractivity contribution in [3.8, 4) is 0 Å². The summed E-state index contributed by atoms with van der Waals surface area (Å²) in [5.41, 5.74) is 8.91. The predicted molar refractivity (Wildman–Crippen MR) is 83.9 cm³/mol. The van der Waals surface area contributed by atoms with E-state index < -0.39 is 0 Å². The fourth-order valence-electron chi connectivity index (χ4n) is 2.27. The van der Waals surface area contributed by atoms with Gasteiger partial charge in [0, 0.05) is 22.4 Å². The van der Waals surface area contributed by atoms with Gasteiger partial charge < -0.3 is 15.6 Å². The Morgan fingerprint density at radius 1 is 1.45 bits per heavy atom. The molecule has 3 rings (SSSR count). The van der Waals surface area contributed by atoms with Gasteiger partial charge in [0.1, 0.15) is 5.69 Å². The van der Waals surface area contributed by atoms with Gasteiger partial charge in [-0.05, 0) is 43.5 Å². The van der Waals surface area contributed by atoms with Crippen molar-refractivity contribution in [3.63, 3.8) is 0 Å². The number of nitrogen functional groups attached to an aromatic ring is 1. The Labute approximate surface area is 126 Å². The van der Waals surface area contributed by atoms with Crippen LogP contribution in [0, 0.1) is 6.92 Å². The molecular weight excluding hydrogens is 318 g/mol. The van der Waals surface area contributed by atoms with Crippen LogP contribution in [0.3, 0.4) is 0 Å². The molecule has 1 aliphatic carbocycles. The molecular formula is C15H16BrN3O. The van der Waals surface area contributed by atoms with Crippen molar-refractivity contribution in [2.24, 2.45) is 0 Å². The number of carbonyl (C=O) groups is 1. The van der Waals surface area contributed by atoms with Crippen LogP contribution < -0.4 is 11.1 Å². The molecule has 0 atom stereocenters. The van der Waals surface area contributed by atoms with Gasteiger partial charge in [-0.3, -0.25) is 4.79 Å². The van der Waals surface area contributed by atoms with Crippen molar-refractivity contribution in [3.05, 3.63) is 46.2 Å². The number of benzene rings is 1. The first kappa shape index (κ1) is 13.2. The second kappa shape index (κ2) is 4.98. The van der Waals surface area contributed by atoms with E-state index in [2.05, 4.69) is 21.2 Å². The average molecular weight is 334 g/mol. The molecule has 1 saturated carbocycles. The molecule has 1 amide bonds. The number of rotatable bonds is 3. The van der Waals surface area contributed by atoms with Gasteiger partial charge in [-0.15, -0.1) is 0 Å². The Bertz CT molecular complexity index is 674. The number of amides is 1. The van der Waals surface area contributed by atoms with E-state index in [4.69, 9.17) is 5.73 Å². The molecule has 0 saturated heterocycles. The summed E-state index contributed by atoms with van der Waals surface area (Å²) in [5, 5.41) is 2.96. The normalized spacial score (nSPS) is 14.3. The minimum absolute atomic E-state index is 0.116. The van der Waals surface area contributed by atoms with Gasteiger partial charge in [0.05, 0.1) is 5.69 Å². The maximum atomic E-state index is 12.4. The van der Waals surface area contributed by atoms with Crippen LogP contribution in [0.15, 0.2) is 34.9 Å². The molecule has 1 aromatic carbocycles. The second-order valence-electron chi connectivity index (χ2n) is 5.16. The second-order valence-corrected chi connectivity index (χ2v) is 6.02. The van der Waals surface area contributed by atoms with Crippen LogP contribution in [0.5, 0.6) is 0 Å². The van der Waals surface area contributed by atoms with Crippen LogP contribution in [-0.2, 0) is 0 Å². The molecule has 4 nitrogen and oxygen atoms in total. The summed E-state index contributed by atoms with van der Waals surface area (Å²) < 4.78 is 2.96. The number of nitrogens with two attached hydrogens (primary N) is 1. The number of halogens is 1. The molecule has 1 fully saturated rings. The molecule has 0 unspecified atom stereocenters. The lowest BCUT2D eigenvalue weighted by molar-refractivity contribution is 0.101. The van der Waals surface area contributed by atoms with Crippen molar-refractivity contribution in [2.75, 3.05) is 11.1 Å². The number of anilines is 2. The molecule has 1 aliphatic rings. The molecule has 1 aromatic heterocycles. The van der Waals surface area contributed by atoms with E-state index >= 15 is 0 Å². The van der Waals surface area contributed by atoms with E-state index in [1.54, 1.807) is 6.07 Å². The summed E-state index contributed by atoms with van der Waals surface area (Å²) in [6.07, 6.45) is 4.08. The predicted octanol–water partition coefficient (Wildman–Crippen LogP) is 3.73. The fraction of sp³-hybridized carbons (Fsp3) is 0.267. The zero-order valence-corrected chi connectivity index (χ0v) is 12.8. The molecule has 0 spiro atoms. The number of hydrogen-bond acceptors (Lipinski definition) is 2. The molecule has 1 heterocycles. The van der Waals surface area contributed by atoms with Gasteiger partial charge in [-0.25, -0.2) is 0 Å². The van der Waals surface area contributed by atoms with Gasteiger partial charge in [0.15, 0.2) is 0 Å². The first-order chi connectivity index (χ1) is 9.56. The quantitative estimate of drug-likeness (QED) is 0.898. The highest BCUT2D eigenvalue weighted by Gasteiger charge is 2.27. The molecule has 0 aliphatic heterocycles. The molecule has 5 heteroatoms. The minimum Gasteiger partial charge on any atom is -0.397 e. The third kappa shape index (κ3) is 2.45. The lowest BCUT2D eigenvalue weighted by Crippen LogP contribution is -2.17. The highest BCUT2D eigenvalue weighted by atomic mass is 79.9. The maximum absolute atomic E-state index is 12.4. The summed E-state index contributed by atoms with van der Waals surface area (Å²) in [4.78, 5) is 12.4. The van der Waals surface area contributed by atoms with E-state index in [0.717, 1.165) is 28.6 Å². The number of aromatic nitrogens is 1. The van der Waals surface area contributed by atoms with Crippen LogP contribution in [0.1, 0.15) is 34.9 Å². The summed E-state index contributed by atoms with van der Waals surface area (Å²) >= 11 is 3.47. The zero-order chi connectivity index (χ0) is 14.3. The van der Waals surface area contributed by atoms with Crippen molar-refractivity contribution in [2.45, 2.75) is 25.8 Å². The maximum Gasteiger partial charge on any atom is 0.272 e. The fourth-order valence-corrected chi connectivity index (χ4v) is 2.63. The van der Waals surface area contributed by atoms with Crippen LogP contribution in [0.4, 0.5) is 11.4 Å². The van der Waals surface area contributed by atoms with E-state index in [9.17, 15) is 4.79 Å². The van der Waals surface area contributed by atoms with E-state index in [-0.39, 0.29) is 5.91 Å². The first-order valence-electron chi connectivity index (χ1n) is 6.60. The Balaban J connectivity index is 1.88. The highest BCUT2D eigenvalue weighted by Crippen LogP contribution is 2.37. The minimum atomic E-state index is -0.116. The third-order valence-electron chi connectivity index (χ3n) is 3.56. The van der Waals surface area contributed by atoms with Crippen molar-refractivity contribution >= 4 is 33.2 Å². The Hall–Kier alpha value is -1.75. The van der Waals surface area contributed by atoms with Crippen molar-refractivity contribution in [1.29, 1.82) is 0 Å². The molecule has 104 valence electrons. The summed E-state index contributed by atoms with van der Waals surface area (Å²) in [5.74, 6) is -0.116. The van der Waals surface area contributed by atoms with Crippen molar-refractivity contribution < 1.29 is 4.79 Å². The molecule has 20 heavy (non-hydrogen) atoms. The topological polar surface area (TPSA) is 60.1 Å². The highest BCUT2D eigenvalue weighted by molar-refractivity contribution is 9.10. The Morgan fingerprint density at radius 2 is 2.20 bits per heavy atom. The zero-order valence-electron chi connectivity index (χ0n) is 11.2. The number of carbonyl (C=O) groups excluding carboxylic acids is 1. The van der Waals surface area contributed by atoms with Gasteiger partial charge in [0.2, 0.25) is 0 Å². The largest absolute Gasteiger partial charge is 0.397 e. The SMILES string of the molecule is Cc1c(Br)cccc1NC(=O)c1cc(N)cn1C1CC1. The summed E-state index contributed by atoms with van der Waals surface area (Å²) in [6.45, 7) is 1.97. The van der Waals surface area contributed by atoms with Gasteiger partial charge in [0.25, 0.3) is 5.91 Å². The van der Waals surface area contributed by atoms with Crippen molar-refractivity contribution in [1.82, 2.24) is 4.57 Å². The monoisotopic (exact) mass is 333 g/mol. The molecule has 0 radical (unpaired) electrons. The van der Waals surface area contributed by atoms with Crippen LogP contribution in [0.25, 0.3) is 0 Å². The number of hydrogen-bond donors (Lipinski definition) is 2. The smallest absolute Gasteiger partial charge is 0.272 e. The first-order valence-corrected chi connectivity index (χ1v) is 7.39. The van der Waals surface area contributed by atoms with E-state index in [1.807, 2.05) is 35.9 Å². The van der Waals surface area contributed by atoms with Gasteiger partial charge in [-0.1, -0.05) is 22.0 Å². The number of nitrogens with zero attached hydrogens (tertiary/aromatic N) is 1. The standard InChI is InChI=1S/C15H16BrN3O/c1-9-12(16)3-2-4-13(9)18-15(20)14-7-10(17)8-19(14)11-5-6-11/h2-4,7-8,11H,5-6,17H2,1H3,(H,18,20). The molecule has 0 bridgehead atoms. The van der Waals surface area contributed by atoms with E-state index in [0.29, 0.717) is 17.4 Å². The van der Waals surface area contributed by atoms with Crippen LogP contribution in [-0.4, -0.2) is 10.5 Å². The average Bonchev–Trinajstić information content (AvgIpc) is 3.18. The summed E-state index contributed by atoms with van der Waals surface area (Å²) in [7, 11) is 0. The lowest BCUT2D eigenvalue weighted by atomic mass is 10.2. The third-order valence-corrected chi connectivity index (χ3v) is 4.42. The van der Waals surface area contributed by atoms with Gasteiger partial charge in [-0.2, -0.15) is 0 Å². The van der Waals surface area contributed by atoms with Crippen LogP contribution >= 0.6 is 15.9 Å². The van der Waals surface area contributed by atoms with Crippen LogP contribution in [0.2, 0.25) is 0 Å². The number of nitrogens with one attached hydrogen (secondary N) is 1. The van der Waals surface area contributed by atoms with Gasteiger partial charge >= 0.3 is 0 Å². The Morgan fingerprint density at radius 3 is 2.90 bits per heavy atom. The lowest BCUT2D eigenvalue weighted by Gasteiger charge is -2.11. The molecule has 3 N–H and O–H groups in total. The Kier molecular flexibility index (Phi) is 3.30. The summed E-state index contributed by atoms with van der Waals surface area (Å²) in [6, 6.07) is 7.92. The van der Waals surface area contributed by atoms with E-state index in [1.165, 1.54) is 0 Å². The molecule has 2 aromatic rings.